The maximum absolute atomic E-state index is 13.0. The summed E-state index contributed by atoms with van der Waals surface area (Å²) >= 11 is 5.36. The van der Waals surface area contributed by atoms with Crippen LogP contribution in [-0.2, 0) is 9.59 Å². The molecule has 6 nitrogen and oxygen atoms in total. The Morgan fingerprint density at radius 1 is 1.07 bits per heavy atom. The topological polar surface area (TPSA) is 53.1 Å². The first-order valence-electron chi connectivity index (χ1n) is 10.3. The summed E-state index contributed by atoms with van der Waals surface area (Å²) in [6.07, 6.45) is 6.39. The molecular weight excluding hydrogens is 398 g/mol. The molecule has 0 radical (unpaired) electrons. The van der Waals surface area contributed by atoms with E-state index in [4.69, 9.17) is 17.0 Å². The number of thiocarbonyl (C=S) groups is 1. The van der Waals surface area contributed by atoms with Gasteiger partial charge in [0.15, 0.2) is 10.9 Å². The highest BCUT2D eigenvalue weighted by Crippen LogP contribution is 2.38. The Hall–Kier alpha value is -2.93. The Bertz CT molecular complexity index is 996. The minimum atomic E-state index is -0.293. The number of likely N-dealkylation sites (N-methyl/N-ethyl adjacent to an activating group) is 2. The van der Waals surface area contributed by atoms with E-state index in [1.54, 1.807) is 0 Å². The molecule has 1 fully saturated rings. The Balaban J connectivity index is 1.71. The lowest BCUT2D eigenvalue weighted by Gasteiger charge is -2.36. The number of rotatable bonds is 3. The van der Waals surface area contributed by atoms with Crippen LogP contribution in [0, 0.1) is 0 Å². The van der Waals surface area contributed by atoms with Gasteiger partial charge in [0.05, 0.1) is 5.69 Å². The van der Waals surface area contributed by atoms with Gasteiger partial charge in [-0.15, -0.1) is 0 Å². The third-order valence-electron chi connectivity index (χ3n) is 5.69. The fraction of sp³-hybridized carbons (Fsp3) is 0.348. The largest absolute Gasteiger partial charge is 0.439 e. The number of carbonyl (C=O) groups is 2. The van der Waals surface area contributed by atoms with Crippen molar-refractivity contribution in [2.24, 2.45) is 0 Å². The summed E-state index contributed by atoms with van der Waals surface area (Å²) in [6.45, 7) is 4.62. The lowest BCUT2D eigenvalue weighted by Crippen LogP contribution is -2.56. The highest BCUT2D eigenvalue weighted by Gasteiger charge is 2.39. The molecule has 2 amide bonds. The maximum atomic E-state index is 13.0. The monoisotopic (exact) mass is 423 g/mol. The molecule has 4 rings (SSSR count). The fourth-order valence-electron chi connectivity index (χ4n) is 4.08. The van der Waals surface area contributed by atoms with E-state index in [-0.39, 0.29) is 17.4 Å². The van der Waals surface area contributed by atoms with Crippen molar-refractivity contribution in [3.8, 4) is 5.75 Å². The highest BCUT2D eigenvalue weighted by molar-refractivity contribution is 7.80. The van der Waals surface area contributed by atoms with E-state index in [0.29, 0.717) is 24.6 Å². The molecule has 0 saturated carbocycles. The molecule has 1 saturated heterocycles. The number of ether oxygens (including phenoxy) is 1. The second-order valence-electron chi connectivity index (χ2n) is 7.47. The quantitative estimate of drug-likeness (QED) is 0.421. The Kier molecular flexibility index (Phi) is 5.47. The van der Waals surface area contributed by atoms with Crippen LogP contribution in [0.5, 0.6) is 5.75 Å². The van der Waals surface area contributed by atoms with Crippen molar-refractivity contribution in [2.75, 3.05) is 25.0 Å². The van der Waals surface area contributed by atoms with E-state index in [0.717, 1.165) is 41.3 Å². The second kappa shape index (κ2) is 8.07. The van der Waals surface area contributed by atoms with Crippen LogP contribution in [0.15, 0.2) is 59.0 Å². The number of benzene rings is 1. The fourth-order valence-corrected chi connectivity index (χ4v) is 4.50. The minimum Gasteiger partial charge on any atom is -0.439 e. The minimum absolute atomic E-state index is 0.242. The first-order valence-corrected chi connectivity index (χ1v) is 10.7. The van der Waals surface area contributed by atoms with Crippen LogP contribution >= 0.6 is 12.2 Å². The number of hydrogen-bond donors (Lipinski definition) is 0. The lowest BCUT2D eigenvalue weighted by molar-refractivity contribution is -0.133. The summed E-state index contributed by atoms with van der Waals surface area (Å²) in [7, 11) is 1.97. The summed E-state index contributed by atoms with van der Waals surface area (Å²) in [5.74, 6) is 0.976. The molecule has 0 aromatic heterocycles. The van der Waals surface area contributed by atoms with Gasteiger partial charge in [-0.3, -0.25) is 19.4 Å². The van der Waals surface area contributed by atoms with E-state index < -0.39 is 0 Å². The summed E-state index contributed by atoms with van der Waals surface area (Å²) in [4.78, 5) is 31.1. The predicted octanol–water partition coefficient (Wildman–Crippen LogP) is 3.76. The zero-order chi connectivity index (χ0) is 21.4. The molecule has 156 valence electrons. The van der Waals surface area contributed by atoms with Gasteiger partial charge in [-0.05, 0) is 68.6 Å². The van der Waals surface area contributed by atoms with E-state index >= 15 is 0 Å². The first kappa shape index (κ1) is 20.3. The van der Waals surface area contributed by atoms with Gasteiger partial charge in [-0.2, -0.15) is 0 Å². The molecule has 3 aliphatic rings. The third-order valence-corrected chi connectivity index (χ3v) is 6.13. The molecule has 30 heavy (non-hydrogen) atoms. The second-order valence-corrected chi connectivity index (χ2v) is 7.83. The molecule has 1 aliphatic carbocycles. The number of anilines is 1. The first-order chi connectivity index (χ1) is 14.5. The molecule has 0 unspecified atom stereocenters. The summed E-state index contributed by atoms with van der Waals surface area (Å²) in [5, 5.41) is 0.292. The molecule has 0 N–H and O–H groups in total. The molecule has 2 aliphatic heterocycles. The van der Waals surface area contributed by atoms with Gasteiger partial charge in [0, 0.05) is 26.2 Å². The smallest absolute Gasteiger partial charge is 0.265 e. The van der Waals surface area contributed by atoms with Crippen molar-refractivity contribution in [1.82, 2.24) is 9.80 Å². The zero-order valence-electron chi connectivity index (χ0n) is 17.5. The van der Waals surface area contributed by atoms with Gasteiger partial charge >= 0.3 is 0 Å². The molecule has 0 atom stereocenters. The maximum Gasteiger partial charge on any atom is 0.265 e. The molecule has 2 heterocycles. The number of carbonyl (C=O) groups excluding carboxylic acids is 2. The van der Waals surface area contributed by atoms with Crippen molar-refractivity contribution in [3.63, 3.8) is 0 Å². The SMILES string of the molecule is CCN1C(=O)C(=C2C=C(/C=C3\Oc4ccccc4N3C)CCC2)C(=O)N(CC)C1=S. The zero-order valence-corrected chi connectivity index (χ0v) is 18.3. The highest BCUT2D eigenvalue weighted by atomic mass is 32.1. The Morgan fingerprint density at radius 2 is 1.73 bits per heavy atom. The molecule has 0 spiro atoms. The molecule has 7 heteroatoms. The van der Waals surface area contributed by atoms with Gasteiger partial charge in [0.2, 0.25) is 5.88 Å². The van der Waals surface area contributed by atoms with Crippen LogP contribution in [-0.4, -0.2) is 46.9 Å². The van der Waals surface area contributed by atoms with Gasteiger partial charge < -0.3 is 9.64 Å². The van der Waals surface area contributed by atoms with E-state index in [1.165, 1.54) is 9.80 Å². The van der Waals surface area contributed by atoms with Crippen molar-refractivity contribution in [1.29, 1.82) is 0 Å². The molecule has 1 aromatic rings. The van der Waals surface area contributed by atoms with Crippen LogP contribution in [0.2, 0.25) is 0 Å². The van der Waals surface area contributed by atoms with E-state index in [9.17, 15) is 9.59 Å². The van der Waals surface area contributed by atoms with E-state index in [2.05, 4.69) is 0 Å². The lowest BCUT2D eigenvalue weighted by atomic mass is 9.90. The number of nitrogens with zero attached hydrogens (tertiary/aromatic N) is 3. The average molecular weight is 424 g/mol. The van der Waals surface area contributed by atoms with Crippen LogP contribution in [0.25, 0.3) is 0 Å². The van der Waals surface area contributed by atoms with Crippen LogP contribution in [0.3, 0.4) is 0 Å². The van der Waals surface area contributed by atoms with Crippen molar-refractivity contribution < 1.29 is 14.3 Å². The standard InChI is InChI=1S/C23H25N3O3S/c1-4-25-21(27)20(22(28)26(5-2)23(25)30)16-10-8-9-15(13-16)14-19-24(3)17-11-6-7-12-18(17)29-19/h6-7,11-14H,4-5,8-10H2,1-3H3/b19-14-. The van der Waals surface area contributed by atoms with Gasteiger partial charge in [-0.25, -0.2) is 0 Å². The number of allylic oxidation sites excluding steroid dienone is 4. The number of fused-ring (bicyclic) bond motifs is 1. The van der Waals surface area contributed by atoms with Crippen LogP contribution in [0.1, 0.15) is 33.1 Å². The normalized spacial score (nSPS) is 20.8. The van der Waals surface area contributed by atoms with Crippen LogP contribution in [0.4, 0.5) is 5.69 Å². The van der Waals surface area contributed by atoms with Crippen molar-refractivity contribution >= 4 is 34.8 Å². The third kappa shape index (κ3) is 3.33. The van der Waals surface area contributed by atoms with E-state index in [1.807, 2.05) is 62.2 Å². The molecule has 1 aromatic carbocycles. The molecular formula is C23H25N3O3S. The molecule has 0 bridgehead atoms. The van der Waals surface area contributed by atoms with Gasteiger partial charge in [0.1, 0.15) is 5.57 Å². The number of hydrogen-bond acceptors (Lipinski definition) is 5. The van der Waals surface area contributed by atoms with Crippen LogP contribution < -0.4 is 9.64 Å². The van der Waals surface area contributed by atoms with Gasteiger partial charge in [0.25, 0.3) is 11.8 Å². The average Bonchev–Trinajstić information content (AvgIpc) is 3.04. The Morgan fingerprint density at radius 3 is 2.37 bits per heavy atom. The summed E-state index contributed by atoms with van der Waals surface area (Å²) in [5.41, 5.74) is 3.08. The summed E-state index contributed by atoms with van der Waals surface area (Å²) < 4.78 is 5.99. The number of amides is 2. The number of para-hydroxylation sites is 2. The predicted molar refractivity (Wildman–Crippen MR) is 120 cm³/mol. The summed E-state index contributed by atoms with van der Waals surface area (Å²) in [6, 6.07) is 7.88. The van der Waals surface area contributed by atoms with Crippen molar-refractivity contribution in [3.05, 3.63) is 59.0 Å². The van der Waals surface area contributed by atoms with Crippen molar-refractivity contribution in [2.45, 2.75) is 33.1 Å². The van der Waals surface area contributed by atoms with Gasteiger partial charge in [-0.1, -0.05) is 18.2 Å². The Labute approximate surface area is 182 Å².